The molecule has 2 N–H and O–H groups in total. The molecular formula is C19H28F3NO2. The average Bonchev–Trinajstić information content (AvgIpc) is 2.57. The largest absolute Gasteiger partial charge is 0.396 e. The van der Waals surface area contributed by atoms with Crippen LogP contribution < -0.4 is 0 Å². The molecule has 0 aromatic heterocycles. The van der Waals surface area contributed by atoms with Crippen molar-refractivity contribution in [2.45, 2.75) is 51.2 Å². The molecule has 1 aromatic carbocycles. The van der Waals surface area contributed by atoms with Gasteiger partial charge in [-0.25, -0.2) is 0 Å². The summed E-state index contributed by atoms with van der Waals surface area (Å²) in [6, 6.07) is 6.69. The Labute approximate surface area is 147 Å². The van der Waals surface area contributed by atoms with Crippen molar-refractivity contribution in [3.63, 3.8) is 0 Å². The van der Waals surface area contributed by atoms with Gasteiger partial charge in [-0.05, 0) is 62.2 Å². The number of nitrogens with zero attached hydrogens (tertiary/aromatic N) is 1. The molecule has 6 heteroatoms. The number of halogens is 3. The molecule has 25 heavy (non-hydrogen) atoms. The molecule has 1 saturated heterocycles. The van der Waals surface area contributed by atoms with E-state index < -0.39 is 12.1 Å². The van der Waals surface area contributed by atoms with Gasteiger partial charge < -0.3 is 10.2 Å². The topological polar surface area (TPSA) is 43.7 Å². The van der Waals surface area contributed by atoms with Gasteiger partial charge in [-0.15, -0.1) is 0 Å². The van der Waals surface area contributed by atoms with Crippen molar-refractivity contribution in [1.82, 2.24) is 4.90 Å². The zero-order valence-electron chi connectivity index (χ0n) is 14.7. The van der Waals surface area contributed by atoms with E-state index in [0.717, 1.165) is 38.0 Å². The van der Waals surface area contributed by atoms with E-state index in [1.54, 1.807) is 24.3 Å². The Balaban J connectivity index is 1.91. The molecule has 0 spiro atoms. The van der Waals surface area contributed by atoms with E-state index in [1.807, 2.05) is 0 Å². The van der Waals surface area contributed by atoms with Gasteiger partial charge in [0.25, 0.3) is 0 Å². The standard InChI is InChI=1S/C19H28F3NO2/c1-15(19(20,21)22)17-4-2-16(3-5-17)14-23-10-6-18(7-11-23,8-12-24)9-13-25/h2-5,15,24-25H,6-14H2,1H3. The summed E-state index contributed by atoms with van der Waals surface area (Å²) in [6.45, 7) is 3.93. The highest BCUT2D eigenvalue weighted by atomic mass is 19.4. The molecule has 1 heterocycles. The van der Waals surface area contributed by atoms with Crippen LogP contribution in [-0.2, 0) is 6.54 Å². The maximum Gasteiger partial charge on any atom is 0.395 e. The average molecular weight is 359 g/mol. The van der Waals surface area contributed by atoms with E-state index in [4.69, 9.17) is 0 Å². The lowest BCUT2D eigenvalue weighted by molar-refractivity contribution is -0.146. The summed E-state index contributed by atoms with van der Waals surface area (Å²) >= 11 is 0. The summed E-state index contributed by atoms with van der Waals surface area (Å²) in [7, 11) is 0. The van der Waals surface area contributed by atoms with E-state index in [-0.39, 0.29) is 18.6 Å². The predicted octanol–water partition coefficient (Wildman–Crippen LogP) is 3.70. The molecule has 0 saturated carbocycles. The fourth-order valence-corrected chi connectivity index (χ4v) is 3.64. The highest BCUT2D eigenvalue weighted by Gasteiger charge is 2.37. The van der Waals surface area contributed by atoms with E-state index >= 15 is 0 Å². The molecule has 1 unspecified atom stereocenters. The molecule has 1 atom stereocenters. The highest BCUT2D eigenvalue weighted by molar-refractivity contribution is 5.26. The van der Waals surface area contributed by atoms with Crippen LogP contribution in [0, 0.1) is 5.41 Å². The Hall–Kier alpha value is -1.11. The van der Waals surface area contributed by atoms with Crippen molar-refractivity contribution in [3.8, 4) is 0 Å². The lowest BCUT2D eigenvalue weighted by Gasteiger charge is -2.41. The number of aliphatic hydroxyl groups excluding tert-OH is 2. The number of hydrogen-bond acceptors (Lipinski definition) is 3. The van der Waals surface area contributed by atoms with Gasteiger partial charge in [0.2, 0.25) is 0 Å². The van der Waals surface area contributed by atoms with Crippen LogP contribution in [0.2, 0.25) is 0 Å². The van der Waals surface area contributed by atoms with Crippen molar-refractivity contribution >= 4 is 0 Å². The lowest BCUT2D eigenvalue weighted by Crippen LogP contribution is -2.40. The van der Waals surface area contributed by atoms with Crippen LogP contribution in [0.25, 0.3) is 0 Å². The molecule has 1 aliphatic heterocycles. The molecule has 1 aromatic rings. The van der Waals surface area contributed by atoms with Crippen LogP contribution in [0.3, 0.4) is 0 Å². The van der Waals surface area contributed by atoms with E-state index in [1.165, 1.54) is 6.92 Å². The van der Waals surface area contributed by atoms with Crippen molar-refractivity contribution in [1.29, 1.82) is 0 Å². The van der Waals surface area contributed by atoms with Gasteiger partial charge in [-0.2, -0.15) is 13.2 Å². The van der Waals surface area contributed by atoms with Crippen molar-refractivity contribution in [2.24, 2.45) is 5.41 Å². The second-order valence-corrected chi connectivity index (χ2v) is 7.23. The van der Waals surface area contributed by atoms with Crippen LogP contribution in [0.4, 0.5) is 13.2 Å². The van der Waals surface area contributed by atoms with Crippen LogP contribution >= 0.6 is 0 Å². The molecule has 2 rings (SSSR count). The van der Waals surface area contributed by atoms with E-state index in [9.17, 15) is 23.4 Å². The summed E-state index contributed by atoms with van der Waals surface area (Å²) < 4.78 is 38.3. The Bertz CT molecular complexity index is 514. The smallest absolute Gasteiger partial charge is 0.395 e. The van der Waals surface area contributed by atoms with Crippen LogP contribution in [0.1, 0.15) is 49.7 Å². The highest BCUT2D eigenvalue weighted by Crippen LogP contribution is 2.38. The SMILES string of the molecule is CC(c1ccc(CN2CCC(CCO)(CCO)CC2)cc1)C(F)(F)F. The molecule has 0 radical (unpaired) electrons. The van der Waals surface area contributed by atoms with Gasteiger partial charge >= 0.3 is 6.18 Å². The maximum atomic E-state index is 12.8. The fourth-order valence-electron chi connectivity index (χ4n) is 3.64. The Morgan fingerprint density at radius 3 is 2.00 bits per heavy atom. The van der Waals surface area contributed by atoms with E-state index in [2.05, 4.69) is 4.90 Å². The Morgan fingerprint density at radius 2 is 1.56 bits per heavy atom. The number of hydrogen-bond donors (Lipinski definition) is 2. The first-order valence-electron chi connectivity index (χ1n) is 8.89. The molecule has 1 aliphatic rings. The molecule has 0 aliphatic carbocycles. The lowest BCUT2D eigenvalue weighted by atomic mass is 9.73. The number of piperidine rings is 1. The Kier molecular flexibility index (Phi) is 6.88. The molecular weight excluding hydrogens is 331 g/mol. The summed E-state index contributed by atoms with van der Waals surface area (Å²) in [5, 5.41) is 18.5. The summed E-state index contributed by atoms with van der Waals surface area (Å²) in [5.41, 5.74) is 1.32. The van der Waals surface area contributed by atoms with Gasteiger partial charge in [0.05, 0.1) is 5.92 Å². The normalized spacial score (nSPS) is 19.8. The summed E-state index contributed by atoms with van der Waals surface area (Å²) in [4.78, 5) is 2.29. The third-order valence-corrected chi connectivity index (χ3v) is 5.58. The van der Waals surface area contributed by atoms with Gasteiger partial charge in [-0.1, -0.05) is 24.3 Å². The second-order valence-electron chi connectivity index (χ2n) is 7.23. The molecule has 142 valence electrons. The summed E-state index contributed by atoms with van der Waals surface area (Å²) in [6.07, 6.45) is -0.928. The first-order chi connectivity index (χ1) is 11.8. The number of rotatable bonds is 7. The quantitative estimate of drug-likeness (QED) is 0.780. The minimum absolute atomic E-state index is 0.0198. The number of aliphatic hydroxyl groups is 2. The van der Waals surface area contributed by atoms with Crippen molar-refractivity contribution in [2.75, 3.05) is 26.3 Å². The first kappa shape index (κ1) is 20.2. The van der Waals surface area contributed by atoms with Crippen LogP contribution in [0.15, 0.2) is 24.3 Å². The molecule has 0 bridgehead atoms. The third kappa shape index (κ3) is 5.43. The Morgan fingerprint density at radius 1 is 1.04 bits per heavy atom. The first-order valence-corrected chi connectivity index (χ1v) is 8.89. The minimum atomic E-state index is -4.21. The van der Waals surface area contributed by atoms with Gasteiger partial charge in [0.1, 0.15) is 0 Å². The van der Waals surface area contributed by atoms with Crippen LogP contribution in [-0.4, -0.2) is 47.6 Å². The number of alkyl halides is 3. The summed E-state index contributed by atoms with van der Waals surface area (Å²) in [5.74, 6) is -1.45. The number of likely N-dealkylation sites (tertiary alicyclic amines) is 1. The van der Waals surface area contributed by atoms with Gasteiger partial charge in [-0.3, -0.25) is 4.90 Å². The monoisotopic (exact) mass is 359 g/mol. The van der Waals surface area contributed by atoms with Crippen molar-refractivity contribution in [3.05, 3.63) is 35.4 Å². The van der Waals surface area contributed by atoms with Gasteiger partial charge in [0, 0.05) is 19.8 Å². The van der Waals surface area contributed by atoms with Crippen LogP contribution in [0.5, 0.6) is 0 Å². The van der Waals surface area contributed by atoms with Gasteiger partial charge in [0.15, 0.2) is 0 Å². The number of benzene rings is 1. The van der Waals surface area contributed by atoms with E-state index in [0.29, 0.717) is 18.4 Å². The predicted molar refractivity (Wildman–Crippen MR) is 91.3 cm³/mol. The fraction of sp³-hybridized carbons (Fsp3) is 0.684. The van der Waals surface area contributed by atoms with Crippen molar-refractivity contribution < 1.29 is 23.4 Å². The zero-order chi connectivity index (χ0) is 18.5. The molecule has 3 nitrogen and oxygen atoms in total. The second kappa shape index (κ2) is 8.52. The third-order valence-electron chi connectivity index (χ3n) is 5.58. The zero-order valence-corrected chi connectivity index (χ0v) is 14.7. The molecule has 0 amide bonds. The maximum absolute atomic E-state index is 12.8. The molecule has 1 fully saturated rings. The minimum Gasteiger partial charge on any atom is -0.396 e.